The SMILES string of the molecule is COc1cc2c(cc1[C@H]1OC[C@]3(O)[C@@H](Oc4c(OC)cccc4OC)OC[C@H]13)O[C@H](COC(C)(C)C)CO2. The minimum atomic E-state index is -1.42. The molecule has 0 aliphatic carbocycles. The van der Waals surface area contributed by atoms with E-state index in [0.29, 0.717) is 47.7 Å². The van der Waals surface area contributed by atoms with Gasteiger partial charge in [0.1, 0.15) is 12.4 Å². The van der Waals surface area contributed by atoms with E-state index in [-0.39, 0.29) is 24.9 Å². The number of benzene rings is 2. The van der Waals surface area contributed by atoms with Gasteiger partial charge in [0.25, 0.3) is 0 Å². The molecule has 5 rings (SSSR count). The van der Waals surface area contributed by atoms with Gasteiger partial charge in [0.05, 0.1) is 58.8 Å². The van der Waals surface area contributed by atoms with Crippen molar-refractivity contribution < 1.29 is 47.7 Å². The number of ether oxygens (including phenoxy) is 9. The van der Waals surface area contributed by atoms with Crippen LogP contribution in [-0.4, -0.2) is 76.5 Å². The second kappa shape index (κ2) is 10.3. The molecule has 2 aromatic rings. The summed E-state index contributed by atoms with van der Waals surface area (Å²) < 4.78 is 52.9. The van der Waals surface area contributed by atoms with Crippen LogP contribution in [0.5, 0.6) is 34.5 Å². The van der Waals surface area contributed by atoms with Crippen molar-refractivity contribution in [1.82, 2.24) is 0 Å². The number of rotatable bonds is 8. The lowest BCUT2D eigenvalue weighted by Gasteiger charge is -2.31. The van der Waals surface area contributed by atoms with Crippen molar-refractivity contribution in [2.45, 2.75) is 50.5 Å². The van der Waals surface area contributed by atoms with Crippen LogP contribution in [0.1, 0.15) is 32.4 Å². The minimum Gasteiger partial charge on any atom is -0.496 e. The summed E-state index contributed by atoms with van der Waals surface area (Å²) in [6, 6.07) is 8.94. The predicted molar refractivity (Wildman–Crippen MR) is 136 cm³/mol. The first-order valence-electron chi connectivity index (χ1n) is 12.7. The van der Waals surface area contributed by atoms with E-state index in [0.717, 1.165) is 5.56 Å². The molecule has 2 aromatic carbocycles. The number of hydrogen-bond donors (Lipinski definition) is 1. The molecule has 0 radical (unpaired) electrons. The fourth-order valence-electron chi connectivity index (χ4n) is 4.98. The average Bonchev–Trinajstić information content (AvgIpc) is 3.40. The summed E-state index contributed by atoms with van der Waals surface area (Å²) in [6.07, 6.45) is -1.78. The first kappa shape index (κ1) is 26.7. The van der Waals surface area contributed by atoms with Crippen LogP contribution in [0.2, 0.25) is 0 Å². The average molecular weight is 533 g/mol. The molecule has 0 unspecified atom stereocenters. The molecule has 3 aliphatic heterocycles. The molecule has 2 saturated heterocycles. The Morgan fingerprint density at radius 3 is 2.32 bits per heavy atom. The first-order chi connectivity index (χ1) is 18.2. The van der Waals surface area contributed by atoms with Crippen LogP contribution in [0, 0.1) is 5.92 Å². The van der Waals surface area contributed by atoms with Gasteiger partial charge in [-0.25, -0.2) is 0 Å². The van der Waals surface area contributed by atoms with Gasteiger partial charge in [-0.15, -0.1) is 0 Å². The van der Waals surface area contributed by atoms with Gasteiger partial charge in [0.2, 0.25) is 12.0 Å². The van der Waals surface area contributed by atoms with Gasteiger partial charge in [-0.05, 0) is 39.0 Å². The van der Waals surface area contributed by atoms with E-state index in [2.05, 4.69) is 0 Å². The number of methoxy groups -OCH3 is 3. The summed E-state index contributed by atoms with van der Waals surface area (Å²) >= 11 is 0. The normalized spacial score (nSPS) is 28.1. The Labute approximate surface area is 222 Å². The van der Waals surface area contributed by atoms with E-state index in [9.17, 15) is 5.11 Å². The molecule has 10 nitrogen and oxygen atoms in total. The highest BCUT2D eigenvalue weighted by Crippen LogP contribution is 2.52. The molecule has 3 aliphatic rings. The molecule has 38 heavy (non-hydrogen) atoms. The molecule has 10 heteroatoms. The predicted octanol–water partition coefficient (Wildman–Crippen LogP) is 3.52. The fourth-order valence-corrected chi connectivity index (χ4v) is 4.98. The largest absolute Gasteiger partial charge is 0.496 e. The smallest absolute Gasteiger partial charge is 0.232 e. The van der Waals surface area contributed by atoms with Crippen molar-refractivity contribution in [2.24, 2.45) is 5.92 Å². The number of para-hydroxylation sites is 1. The summed E-state index contributed by atoms with van der Waals surface area (Å²) in [5, 5.41) is 11.7. The molecule has 0 spiro atoms. The summed E-state index contributed by atoms with van der Waals surface area (Å²) in [6.45, 7) is 6.97. The summed E-state index contributed by atoms with van der Waals surface area (Å²) in [4.78, 5) is 0. The highest BCUT2D eigenvalue weighted by Gasteiger charge is 2.61. The summed E-state index contributed by atoms with van der Waals surface area (Å²) in [5.41, 5.74) is -0.976. The Hall–Kier alpha value is -2.92. The minimum absolute atomic E-state index is 0.00408. The topological polar surface area (TPSA) is 103 Å². The highest BCUT2D eigenvalue weighted by molar-refractivity contribution is 5.53. The van der Waals surface area contributed by atoms with Gasteiger partial charge in [-0.3, -0.25) is 0 Å². The van der Waals surface area contributed by atoms with Crippen molar-refractivity contribution in [2.75, 3.05) is 47.8 Å². The molecular weight excluding hydrogens is 496 g/mol. The van der Waals surface area contributed by atoms with Crippen LogP contribution >= 0.6 is 0 Å². The van der Waals surface area contributed by atoms with Crippen LogP contribution in [0.3, 0.4) is 0 Å². The zero-order chi connectivity index (χ0) is 27.1. The van der Waals surface area contributed by atoms with Crippen molar-refractivity contribution >= 4 is 0 Å². The quantitative estimate of drug-likeness (QED) is 0.543. The maximum Gasteiger partial charge on any atom is 0.232 e. The Balaban J connectivity index is 1.38. The molecule has 1 N–H and O–H groups in total. The van der Waals surface area contributed by atoms with Gasteiger partial charge in [-0.1, -0.05) is 6.07 Å². The number of hydrogen-bond acceptors (Lipinski definition) is 10. The maximum absolute atomic E-state index is 11.7. The molecule has 0 amide bonds. The maximum atomic E-state index is 11.7. The molecule has 5 atom stereocenters. The molecular formula is C28H36O10. The van der Waals surface area contributed by atoms with E-state index in [1.807, 2.05) is 26.8 Å². The zero-order valence-corrected chi connectivity index (χ0v) is 22.6. The van der Waals surface area contributed by atoms with Crippen molar-refractivity contribution in [1.29, 1.82) is 0 Å². The van der Waals surface area contributed by atoms with E-state index < -0.39 is 23.9 Å². The molecule has 0 saturated carbocycles. The Bertz CT molecular complexity index is 1120. The van der Waals surface area contributed by atoms with E-state index >= 15 is 0 Å². The second-order valence-electron chi connectivity index (χ2n) is 10.6. The molecule has 3 heterocycles. The van der Waals surface area contributed by atoms with Crippen molar-refractivity contribution in [3.05, 3.63) is 35.9 Å². The number of fused-ring (bicyclic) bond motifs is 2. The molecule has 2 fully saturated rings. The third-order valence-electron chi connectivity index (χ3n) is 6.97. The number of aliphatic hydroxyl groups is 1. The van der Waals surface area contributed by atoms with Crippen LogP contribution in [-0.2, 0) is 14.2 Å². The molecule has 0 aromatic heterocycles. The first-order valence-corrected chi connectivity index (χ1v) is 12.7. The van der Waals surface area contributed by atoms with Crippen LogP contribution < -0.4 is 28.4 Å². The van der Waals surface area contributed by atoms with E-state index in [1.165, 1.54) is 14.2 Å². The third-order valence-corrected chi connectivity index (χ3v) is 6.97. The lowest BCUT2D eigenvalue weighted by molar-refractivity contribution is -0.153. The van der Waals surface area contributed by atoms with Gasteiger partial charge in [0.15, 0.2) is 34.7 Å². The van der Waals surface area contributed by atoms with Crippen LogP contribution in [0.4, 0.5) is 0 Å². The third kappa shape index (κ3) is 4.93. The summed E-state index contributed by atoms with van der Waals surface area (Å²) in [7, 11) is 4.66. The lowest BCUT2D eigenvalue weighted by Crippen LogP contribution is -2.47. The fraction of sp³-hybridized carbons (Fsp3) is 0.571. The van der Waals surface area contributed by atoms with Gasteiger partial charge in [0, 0.05) is 11.6 Å². The van der Waals surface area contributed by atoms with Crippen LogP contribution in [0.25, 0.3) is 0 Å². The monoisotopic (exact) mass is 532 g/mol. The second-order valence-corrected chi connectivity index (χ2v) is 10.6. The highest BCUT2D eigenvalue weighted by atomic mass is 16.7. The van der Waals surface area contributed by atoms with E-state index in [4.69, 9.17) is 42.6 Å². The van der Waals surface area contributed by atoms with E-state index in [1.54, 1.807) is 31.4 Å². The lowest BCUT2D eigenvalue weighted by atomic mass is 9.85. The molecule has 208 valence electrons. The van der Waals surface area contributed by atoms with Gasteiger partial charge >= 0.3 is 0 Å². The standard InChI is InChI=1S/C28H36O10/c1-27(2,3)36-13-16-12-33-22-11-21(32-6)17(10-23(22)37-16)24-18-14-34-26(28(18,29)15-35-24)38-25-19(30-4)8-7-9-20(25)31-5/h7-11,16,18,24,26,29H,12-15H2,1-6H3/t16-,18+,24+,26+,28+/m0/s1. The Morgan fingerprint density at radius 1 is 0.947 bits per heavy atom. The Morgan fingerprint density at radius 2 is 1.66 bits per heavy atom. The summed E-state index contributed by atoms with van der Waals surface area (Å²) in [5.74, 6) is 2.58. The zero-order valence-electron chi connectivity index (χ0n) is 22.6. The van der Waals surface area contributed by atoms with Crippen molar-refractivity contribution in [3.63, 3.8) is 0 Å². The van der Waals surface area contributed by atoms with Crippen molar-refractivity contribution in [3.8, 4) is 34.5 Å². The van der Waals surface area contributed by atoms with Gasteiger partial charge < -0.3 is 47.7 Å². The molecule has 0 bridgehead atoms. The van der Waals surface area contributed by atoms with Gasteiger partial charge in [-0.2, -0.15) is 0 Å². The Kier molecular flexibility index (Phi) is 7.25. The van der Waals surface area contributed by atoms with Crippen LogP contribution in [0.15, 0.2) is 30.3 Å².